The minimum absolute atomic E-state index is 0.204. The first-order valence-corrected chi connectivity index (χ1v) is 5.70. The second-order valence-electron chi connectivity index (χ2n) is 3.31. The molecule has 3 N–H and O–H groups in total. The molecule has 4 nitrogen and oxygen atoms in total. The van der Waals surface area contributed by atoms with Crippen LogP contribution in [0.5, 0.6) is 5.75 Å². The molecule has 0 aliphatic rings. The van der Waals surface area contributed by atoms with Crippen LogP contribution in [-0.4, -0.2) is 16.0 Å². The highest BCUT2D eigenvalue weighted by Crippen LogP contribution is 2.33. The molecular weight excluding hydrogens is 236 g/mol. The molecule has 0 saturated carbocycles. The molecule has 0 atom stereocenters. The minimum Gasteiger partial charge on any atom is -0.507 e. The van der Waals surface area contributed by atoms with Crippen LogP contribution in [0.15, 0.2) is 52.4 Å². The number of rotatable bonds is 3. The Bertz CT molecular complexity index is 558. The van der Waals surface area contributed by atoms with Crippen LogP contribution in [0.1, 0.15) is 10.5 Å². The molecule has 1 aromatic heterocycles. The van der Waals surface area contributed by atoms with Crippen LogP contribution in [0.4, 0.5) is 0 Å². The molecule has 0 aliphatic heterocycles. The molecule has 0 unspecified atom stereocenters. The Morgan fingerprint density at radius 1 is 1.29 bits per heavy atom. The first-order chi connectivity index (χ1) is 8.16. The van der Waals surface area contributed by atoms with Crippen LogP contribution in [-0.2, 0) is 0 Å². The van der Waals surface area contributed by atoms with E-state index in [2.05, 4.69) is 4.98 Å². The lowest BCUT2D eigenvalue weighted by Crippen LogP contribution is -2.12. The van der Waals surface area contributed by atoms with E-state index in [1.54, 1.807) is 30.3 Å². The summed E-state index contributed by atoms with van der Waals surface area (Å²) in [5.74, 6) is -0.361. The third-order valence-corrected chi connectivity index (χ3v) is 3.13. The van der Waals surface area contributed by atoms with E-state index >= 15 is 0 Å². The number of benzene rings is 1. The van der Waals surface area contributed by atoms with E-state index in [1.807, 2.05) is 6.07 Å². The molecular formula is C12H10N2O2S. The van der Waals surface area contributed by atoms with Gasteiger partial charge in [0.1, 0.15) is 11.4 Å². The smallest absolute Gasteiger partial charge is 0.267 e. The van der Waals surface area contributed by atoms with Crippen molar-refractivity contribution in [3.05, 3.63) is 48.3 Å². The molecule has 0 fully saturated rings. The van der Waals surface area contributed by atoms with E-state index in [-0.39, 0.29) is 11.4 Å². The van der Waals surface area contributed by atoms with Gasteiger partial charge in [-0.25, -0.2) is 0 Å². The number of phenols is 1. The molecule has 2 aromatic rings. The van der Waals surface area contributed by atoms with Crippen LogP contribution in [0, 0.1) is 0 Å². The predicted molar refractivity (Wildman–Crippen MR) is 65.0 cm³/mol. The van der Waals surface area contributed by atoms with E-state index in [0.29, 0.717) is 4.90 Å². The average Bonchev–Trinajstić information content (AvgIpc) is 2.32. The van der Waals surface area contributed by atoms with Gasteiger partial charge in [0.15, 0.2) is 0 Å². The Kier molecular flexibility index (Phi) is 3.30. The number of aromatic nitrogens is 1. The zero-order valence-electron chi connectivity index (χ0n) is 8.83. The normalized spacial score (nSPS) is 10.1. The van der Waals surface area contributed by atoms with Crippen molar-refractivity contribution in [1.29, 1.82) is 0 Å². The maximum absolute atomic E-state index is 11.0. The lowest BCUT2D eigenvalue weighted by molar-refractivity contribution is 0.0995. The number of para-hydroxylation sites is 1. The summed E-state index contributed by atoms with van der Waals surface area (Å²) in [6.45, 7) is 0. The van der Waals surface area contributed by atoms with E-state index in [0.717, 1.165) is 4.90 Å². The number of aromatic hydroxyl groups is 1. The number of carbonyl (C=O) groups excluding carboxylic acids is 1. The lowest BCUT2D eigenvalue weighted by Gasteiger charge is -2.04. The topological polar surface area (TPSA) is 76.2 Å². The molecule has 0 spiro atoms. The Morgan fingerprint density at radius 3 is 2.76 bits per heavy atom. The van der Waals surface area contributed by atoms with Crippen LogP contribution in [0.2, 0.25) is 0 Å². The summed E-state index contributed by atoms with van der Waals surface area (Å²) in [7, 11) is 0. The van der Waals surface area contributed by atoms with Crippen molar-refractivity contribution in [3.8, 4) is 5.75 Å². The zero-order valence-corrected chi connectivity index (χ0v) is 9.65. The fourth-order valence-electron chi connectivity index (χ4n) is 1.28. The van der Waals surface area contributed by atoms with Crippen LogP contribution in [0.3, 0.4) is 0 Å². The Hall–Kier alpha value is -2.01. The number of carbonyl (C=O) groups is 1. The number of phenolic OH excluding ortho intramolecular Hbond substituents is 1. The molecule has 1 aromatic carbocycles. The van der Waals surface area contributed by atoms with Gasteiger partial charge in [0.05, 0.1) is 4.90 Å². The summed E-state index contributed by atoms with van der Waals surface area (Å²) in [6.07, 6.45) is 1.52. The van der Waals surface area contributed by atoms with E-state index < -0.39 is 5.91 Å². The monoisotopic (exact) mass is 246 g/mol. The summed E-state index contributed by atoms with van der Waals surface area (Å²) >= 11 is 1.35. The summed E-state index contributed by atoms with van der Waals surface area (Å²) < 4.78 is 0. The molecule has 0 bridgehead atoms. The molecule has 1 amide bonds. The van der Waals surface area contributed by atoms with Gasteiger partial charge < -0.3 is 10.8 Å². The fourth-order valence-corrected chi connectivity index (χ4v) is 2.15. The van der Waals surface area contributed by atoms with Gasteiger partial charge >= 0.3 is 0 Å². The number of hydrogen-bond donors (Lipinski definition) is 2. The van der Waals surface area contributed by atoms with Gasteiger partial charge in [-0.3, -0.25) is 9.78 Å². The number of amides is 1. The summed E-state index contributed by atoms with van der Waals surface area (Å²) in [5, 5.41) is 9.62. The van der Waals surface area contributed by atoms with Crippen molar-refractivity contribution in [1.82, 2.24) is 4.98 Å². The average molecular weight is 246 g/mol. The van der Waals surface area contributed by atoms with Crippen molar-refractivity contribution in [2.75, 3.05) is 0 Å². The number of nitrogens with zero attached hydrogens (tertiary/aromatic N) is 1. The molecule has 86 valence electrons. The zero-order chi connectivity index (χ0) is 12.3. The van der Waals surface area contributed by atoms with Crippen LogP contribution >= 0.6 is 11.8 Å². The Labute approximate surface area is 102 Å². The maximum atomic E-state index is 11.0. The van der Waals surface area contributed by atoms with Crippen molar-refractivity contribution in [2.45, 2.75) is 9.79 Å². The van der Waals surface area contributed by atoms with Gasteiger partial charge in [-0.1, -0.05) is 23.9 Å². The van der Waals surface area contributed by atoms with Crippen molar-refractivity contribution >= 4 is 17.7 Å². The van der Waals surface area contributed by atoms with E-state index in [9.17, 15) is 9.90 Å². The second-order valence-corrected chi connectivity index (χ2v) is 4.43. The first-order valence-electron chi connectivity index (χ1n) is 4.88. The second kappa shape index (κ2) is 4.88. The van der Waals surface area contributed by atoms with Gasteiger partial charge in [0.25, 0.3) is 5.91 Å². The highest BCUT2D eigenvalue weighted by molar-refractivity contribution is 7.99. The predicted octanol–water partition coefficient (Wildman–Crippen LogP) is 2.04. The van der Waals surface area contributed by atoms with Gasteiger partial charge in [-0.05, 0) is 24.3 Å². The minimum atomic E-state index is -0.565. The third kappa shape index (κ3) is 2.76. The first kappa shape index (κ1) is 11.5. The lowest BCUT2D eigenvalue weighted by atomic mass is 10.3. The maximum Gasteiger partial charge on any atom is 0.267 e. The number of hydrogen-bond acceptors (Lipinski definition) is 4. The van der Waals surface area contributed by atoms with E-state index in [1.165, 1.54) is 18.0 Å². The summed E-state index contributed by atoms with van der Waals surface area (Å²) in [5.41, 5.74) is 5.36. The Balaban J connectivity index is 2.28. The quantitative estimate of drug-likeness (QED) is 0.868. The van der Waals surface area contributed by atoms with E-state index in [4.69, 9.17) is 5.73 Å². The SMILES string of the molecule is NC(=O)c1cc(Sc2ccccc2O)ccn1. The number of primary amides is 1. The van der Waals surface area contributed by atoms with Gasteiger partial charge in [-0.15, -0.1) is 0 Å². The largest absolute Gasteiger partial charge is 0.507 e. The number of nitrogens with two attached hydrogens (primary N) is 1. The van der Waals surface area contributed by atoms with Crippen LogP contribution < -0.4 is 5.73 Å². The molecule has 5 heteroatoms. The third-order valence-electron chi connectivity index (χ3n) is 2.08. The van der Waals surface area contributed by atoms with Crippen molar-refractivity contribution in [3.63, 3.8) is 0 Å². The Morgan fingerprint density at radius 2 is 2.06 bits per heavy atom. The summed E-state index contributed by atoms with van der Waals surface area (Å²) in [6, 6.07) is 10.3. The van der Waals surface area contributed by atoms with Gasteiger partial charge in [-0.2, -0.15) is 0 Å². The van der Waals surface area contributed by atoms with Gasteiger partial charge in [0, 0.05) is 11.1 Å². The van der Waals surface area contributed by atoms with Gasteiger partial charge in [0.2, 0.25) is 0 Å². The van der Waals surface area contributed by atoms with Crippen molar-refractivity contribution in [2.24, 2.45) is 5.73 Å². The highest BCUT2D eigenvalue weighted by atomic mass is 32.2. The molecule has 17 heavy (non-hydrogen) atoms. The van der Waals surface area contributed by atoms with Crippen LogP contribution in [0.25, 0.3) is 0 Å². The molecule has 2 rings (SSSR count). The summed E-state index contributed by atoms with van der Waals surface area (Å²) in [4.78, 5) is 16.3. The molecule has 0 radical (unpaired) electrons. The fraction of sp³-hybridized carbons (Fsp3) is 0. The highest BCUT2D eigenvalue weighted by Gasteiger charge is 2.06. The molecule has 1 heterocycles. The standard InChI is InChI=1S/C12H10N2O2S/c13-12(16)9-7-8(5-6-14-9)17-11-4-2-1-3-10(11)15/h1-7,15H,(H2,13,16). The van der Waals surface area contributed by atoms with Crippen molar-refractivity contribution < 1.29 is 9.90 Å². The molecule has 0 aliphatic carbocycles. The molecule has 0 saturated heterocycles. The number of pyridine rings is 1.